The Hall–Kier alpha value is -1.26. The van der Waals surface area contributed by atoms with Crippen LogP contribution in [0.4, 0.5) is 5.82 Å². The Morgan fingerprint density at radius 3 is 2.35 bits per heavy atom. The third-order valence-electron chi connectivity index (χ3n) is 2.94. The van der Waals surface area contributed by atoms with E-state index in [1.807, 2.05) is 12.1 Å². The quantitative estimate of drug-likeness (QED) is 0.881. The van der Waals surface area contributed by atoms with Gasteiger partial charge in [0.25, 0.3) is 0 Å². The summed E-state index contributed by atoms with van der Waals surface area (Å²) < 4.78 is 0. The number of aromatic amines is 1. The highest BCUT2D eigenvalue weighted by Gasteiger charge is 2.23. The third-order valence-corrected chi connectivity index (χ3v) is 3.66. The lowest BCUT2D eigenvalue weighted by Gasteiger charge is -2.09. The van der Waals surface area contributed by atoms with Crippen molar-refractivity contribution in [2.24, 2.45) is 0 Å². The largest absolute Gasteiger partial charge is 0.364 e. The Labute approximate surface area is 108 Å². The molecule has 2 N–H and O–H groups in total. The average molecular weight is 269 g/mol. The van der Waals surface area contributed by atoms with Crippen LogP contribution in [0.3, 0.4) is 0 Å². The summed E-state index contributed by atoms with van der Waals surface area (Å²) in [6.07, 6.45) is 3.53. The van der Waals surface area contributed by atoms with Crippen LogP contribution in [0.25, 0.3) is 0 Å². The summed E-state index contributed by atoms with van der Waals surface area (Å²) in [5, 5.41) is 14.9. The summed E-state index contributed by atoms with van der Waals surface area (Å²) >= 11 is 12.0. The molecular weight excluding hydrogens is 259 g/mol. The summed E-state index contributed by atoms with van der Waals surface area (Å²) in [6, 6.07) is 4.22. The van der Waals surface area contributed by atoms with Crippen LogP contribution in [0.1, 0.15) is 11.1 Å². The van der Waals surface area contributed by atoms with Crippen LogP contribution in [-0.2, 0) is 12.8 Å². The van der Waals surface area contributed by atoms with E-state index in [4.69, 9.17) is 23.2 Å². The molecule has 1 aliphatic rings. The molecule has 17 heavy (non-hydrogen) atoms. The molecule has 0 radical (unpaired) electrons. The van der Waals surface area contributed by atoms with E-state index in [9.17, 15) is 0 Å². The predicted octanol–water partition coefficient (Wildman–Crippen LogP) is 2.69. The second kappa shape index (κ2) is 4.20. The van der Waals surface area contributed by atoms with Crippen LogP contribution in [0, 0.1) is 0 Å². The molecule has 3 rings (SSSR count). The molecule has 0 saturated heterocycles. The van der Waals surface area contributed by atoms with E-state index in [0.29, 0.717) is 16.1 Å². The molecule has 1 heterocycles. The van der Waals surface area contributed by atoms with Gasteiger partial charge in [-0.05, 0) is 36.1 Å². The SMILES string of the molecule is Clc1cc2c(cc1Cl)CC(Nc1cn[nH]n1)C2. The van der Waals surface area contributed by atoms with Gasteiger partial charge in [-0.15, -0.1) is 5.10 Å². The van der Waals surface area contributed by atoms with Gasteiger partial charge in [-0.3, -0.25) is 0 Å². The maximum atomic E-state index is 6.00. The van der Waals surface area contributed by atoms with Crippen LogP contribution >= 0.6 is 23.2 Å². The van der Waals surface area contributed by atoms with Crippen LogP contribution in [-0.4, -0.2) is 21.5 Å². The van der Waals surface area contributed by atoms with Crippen LogP contribution < -0.4 is 5.32 Å². The lowest BCUT2D eigenvalue weighted by molar-refractivity contribution is 0.767. The minimum atomic E-state index is 0.324. The highest BCUT2D eigenvalue weighted by Crippen LogP contribution is 2.31. The van der Waals surface area contributed by atoms with Crippen molar-refractivity contribution in [1.82, 2.24) is 15.4 Å². The molecular formula is C11H10Cl2N4. The number of benzene rings is 1. The molecule has 0 saturated carbocycles. The van der Waals surface area contributed by atoms with Crippen molar-refractivity contribution in [2.75, 3.05) is 5.32 Å². The summed E-state index contributed by atoms with van der Waals surface area (Å²) in [5.41, 5.74) is 2.50. The molecule has 2 aromatic rings. The van der Waals surface area contributed by atoms with Crippen molar-refractivity contribution in [3.05, 3.63) is 39.5 Å². The zero-order chi connectivity index (χ0) is 11.8. The molecule has 1 aromatic heterocycles. The van der Waals surface area contributed by atoms with E-state index in [1.165, 1.54) is 11.1 Å². The monoisotopic (exact) mass is 268 g/mol. The van der Waals surface area contributed by atoms with Crippen LogP contribution in [0.15, 0.2) is 18.3 Å². The van der Waals surface area contributed by atoms with E-state index in [0.717, 1.165) is 18.7 Å². The van der Waals surface area contributed by atoms with E-state index < -0.39 is 0 Å². The van der Waals surface area contributed by atoms with Gasteiger partial charge >= 0.3 is 0 Å². The number of aromatic nitrogens is 3. The number of hydrogen-bond acceptors (Lipinski definition) is 3. The first-order chi connectivity index (χ1) is 8.22. The first kappa shape index (κ1) is 10.9. The molecule has 1 aliphatic carbocycles. The molecule has 0 spiro atoms. The summed E-state index contributed by atoms with van der Waals surface area (Å²) in [4.78, 5) is 0. The van der Waals surface area contributed by atoms with E-state index in [-0.39, 0.29) is 0 Å². The fourth-order valence-electron chi connectivity index (χ4n) is 2.19. The molecule has 1 aromatic carbocycles. The van der Waals surface area contributed by atoms with Gasteiger partial charge in [0.05, 0.1) is 16.2 Å². The Balaban J connectivity index is 1.79. The Kier molecular flexibility index (Phi) is 2.68. The number of halogens is 2. The Morgan fingerprint density at radius 1 is 1.18 bits per heavy atom. The second-order valence-corrected chi connectivity index (χ2v) is 4.95. The highest BCUT2D eigenvalue weighted by atomic mass is 35.5. The van der Waals surface area contributed by atoms with Crippen molar-refractivity contribution in [3.63, 3.8) is 0 Å². The van der Waals surface area contributed by atoms with Crippen LogP contribution in [0.5, 0.6) is 0 Å². The van der Waals surface area contributed by atoms with E-state index >= 15 is 0 Å². The first-order valence-corrected chi connectivity index (χ1v) is 6.07. The summed E-state index contributed by atoms with van der Waals surface area (Å²) in [7, 11) is 0. The second-order valence-electron chi connectivity index (χ2n) is 4.14. The van der Waals surface area contributed by atoms with Crippen LogP contribution in [0.2, 0.25) is 10.0 Å². The van der Waals surface area contributed by atoms with Gasteiger partial charge < -0.3 is 5.32 Å². The first-order valence-electron chi connectivity index (χ1n) is 5.31. The summed E-state index contributed by atoms with van der Waals surface area (Å²) in [5.74, 6) is 0.764. The lowest BCUT2D eigenvalue weighted by Crippen LogP contribution is -2.19. The average Bonchev–Trinajstić information content (AvgIpc) is 2.89. The Bertz CT molecular complexity index is 508. The number of H-pyrrole nitrogens is 1. The molecule has 6 heteroatoms. The van der Waals surface area contributed by atoms with Crippen molar-refractivity contribution >= 4 is 29.0 Å². The molecule has 0 fully saturated rings. The number of nitrogens with zero attached hydrogens (tertiary/aromatic N) is 2. The molecule has 0 amide bonds. The molecule has 0 atom stereocenters. The van der Waals surface area contributed by atoms with Gasteiger partial charge in [0, 0.05) is 6.04 Å². The van der Waals surface area contributed by atoms with Crippen molar-refractivity contribution < 1.29 is 0 Å². The molecule has 4 nitrogen and oxygen atoms in total. The minimum Gasteiger partial charge on any atom is -0.364 e. The fraction of sp³-hybridized carbons (Fsp3) is 0.273. The topological polar surface area (TPSA) is 53.6 Å². The van der Waals surface area contributed by atoms with Gasteiger partial charge in [-0.2, -0.15) is 10.3 Å². The zero-order valence-electron chi connectivity index (χ0n) is 8.87. The van der Waals surface area contributed by atoms with Crippen molar-refractivity contribution in [1.29, 1.82) is 0 Å². The normalized spacial score (nSPS) is 14.9. The number of anilines is 1. The zero-order valence-corrected chi connectivity index (χ0v) is 10.4. The smallest absolute Gasteiger partial charge is 0.168 e. The van der Waals surface area contributed by atoms with Crippen molar-refractivity contribution in [2.45, 2.75) is 18.9 Å². The molecule has 88 valence electrons. The van der Waals surface area contributed by atoms with Gasteiger partial charge in [0.15, 0.2) is 5.82 Å². The summed E-state index contributed by atoms with van der Waals surface area (Å²) in [6.45, 7) is 0. The van der Waals surface area contributed by atoms with Gasteiger partial charge in [-0.25, -0.2) is 0 Å². The number of hydrogen-bond donors (Lipinski definition) is 2. The van der Waals surface area contributed by atoms with Gasteiger partial charge in [-0.1, -0.05) is 23.2 Å². The maximum Gasteiger partial charge on any atom is 0.168 e. The highest BCUT2D eigenvalue weighted by molar-refractivity contribution is 6.42. The Morgan fingerprint density at radius 2 is 1.82 bits per heavy atom. The van der Waals surface area contributed by atoms with Crippen molar-refractivity contribution in [3.8, 4) is 0 Å². The number of fused-ring (bicyclic) bond motifs is 1. The lowest BCUT2D eigenvalue weighted by atomic mass is 10.1. The van der Waals surface area contributed by atoms with E-state index in [2.05, 4.69) is 20.7 Å². The standard InChI is InChI=1S/C11H10Cl2N4/c12-9-3-6-1-8(2-7(6)4-10(9)13)15-11-5-14-17-16-11/h3-5,8H,1-2H2,(H2,14,15,16,17). The molecule has 0 unspecified atom stereocenters. The number of rotatable bonds is 2. The van der Waals surface area contributed by atoms with E-state index in [1.54, 1.807) is 6.20 Å². The van der Waals surface area contributed by atoms with Gasteiger partial charge in [0.1, 0.15) is 0 Å². The van der Waals surface area contributed by atoms with Gasteiger partial charge in [0.2, 0.25) is 0 Å². The third kappa shape index (κ3) is 2.10. The molecule has 0 bridgehead atoms. The number of nitrogens with one attached hydrogen (secondary N) is 2. The fourth-order valence-corrected chi connectivity index (χ4v) is 2.57. The molecule has 0 aliphatic heterocycles. The maximum absolute atomic E-state index is 6.00. The minimum absolute atomic E-state index is 0.324. The predicted molar refractivity (Wildman–Crippen MR) is 67.7 cm³/mol.